The average Bonchev–Trinajstić information content (AvgIpc) is 2.24. The van der Waals surface area contributed by atoms with Crippen molar-refractivity contribution < 1.29 is 14.7 Å². The molecule has 0 saturated heterocycles. The third-order valence-corrected chi connectivity index (χ3v) is 3.61. The molecule has 1 unspecified atom stereocenters. The number of unbranched alkanes of at least 4 members (excludes halogenated alkanes) is 3. The summed E-state index contributed by atoms with van der Waals surface area (Å²) in [5.41, 5.74) is -0.733. The number of ketones is 1. The first-order valence-corrected chi connectivity index (χ1v) is 6.36. The minimum absolute atomic E-state index is 0.129. The van der Waals surface area contributed by atoms with Gasteiger partial charge in [0.05, 0.1) is 5.41 Å². The minimum Gasteiger partial charge on any atom is -0.481 e. The highest BCUT2D eigenvalue weighted by atomic mass is 16.4. The number of Topliss-reactive ketones (excluding diaryl/α,β-unsaturated/α-hetero) is 1. The molecular formula is C13H22O3. The Balaban J connectivity index is 2.51. The van der Waals surface area contributed by atoms with Crippen molar-refractivity contribution in [2.24, 2.45) is 5.41 Å². The molecule has 3 nitrogen and oxygen atoms in total. The summed E-state index contributed by atoms with van der Waals surface area (Å²) >= 11 is 0. The Morgan fingerprint density at radius 1 is 1.38 bits per heavy atom. The first kappa shape index (κ1) is 13.2. The van der Waals surface area contributed by atoms with Crippen molar-refractivity contribution in [3.05, 3.63) is 0 Å². The molecule has 0 aromatic carbocycles. The zero-order chi connectivity index (χ0) is 12.0. The van der Waals surface area contributed by atoms with Gasteiger partial charge in [-0.15, -0.1) is 0 Å². The van der Waals surface area contributed by atoms with Crippen LogP contribution in [0, 0.1) is 5.41 Å². The Labute approximate surface area is 97.2 Å². The predicted molar refractivity (Wildman–Crippen MR) is 62.3 cm³/mol. The third kappa shape index (κ3) is 3.32. The molecule has 0 aromatic rings. The number of carbonyl (C=O) groups is 2. The molecule has 1 rings (SSSR count). The van der Waals surface area contributed by atoms with Crippen LogP contribution >= 0.6 is 0 Å². The van der Waals surface area contributed by atoms with E-state index in [4.69, 9.17) is 0 Å². The van der Waals surface area contributed by atoms with Crippen LogP contribution < -0.4 is 0 Å². The van der Waals surface area contributed by atoms with Crippen LogP contribution in [0.3, 0.4) is 0 Å². The predicted octanol–water partition coefficient (Wildman–Crippen LogP) is 3.17. The molecule has 0 heterocycles. The number of carboxylic acids is 1. The van der Waals surface area contributed by atoms with Crippen molar-refractivity contribution >= 4 is 11.8 Å². The second-order valence-electron chi connectivity index (χ2n) is 4.97. The summed E-state index contributed by atoms with van der Waals surface area (Å²) in [7, 11) is 0. The monoisotopic (exact) mass is 226 g/mol. The highest BCUT2D eigenvalue weighted by Gasteiger charge is 2.41. The van der Waals surface area contributed by atoms with Gasteiger partial charge in [-0.25, -0.2) is 0 Å². The smallest absolute Gasteiger partial charge is 0.310 e. The number of carbonyl (C=O) groups excluding carboxylic acids is 1. The maximum Gasteiger partial charge on any atom is 0.310 e. The fourth-order valence-electron chi connectivity index (χ4n) is 2.57. The van der Waals surface area contributed by atoms with E-state index in [1.807, 2.05) is 0 Å². The van der Waals surface area contributed by atoms with Crippen LogP contribution in [0.2, 0.25) is 0 Å². The lowest BCUT2D eigenvalue weighted by molar-refractivity contribution is -0.154. The van der Waals surface area contributed by atoms with Gasteiger partial charge in [0, 0.05) is 12.8 Å². The van der Waals surface area contributed by atoms with Gasteiger partial charge >= 0.3 is 5.97 Å². The summed E-state index contributed by atoms with van der Waals surface area (Å²) in [6.45, 7) is 2.14. The van der Waals surface area contributed by atoms with Crippen LogP contribution in [-0.2, 0) is 9.59 Å². The highest BCUT2D eigenvalue weighted by Crippen LogP contribution is 2.39. The normalized spacial score (nSPS) is 25.7. The summed E-state index contributed by atoms with van der Waals surface area (Å²) in [6, 6.07) is 0. The average molecular weight is 226 g/mol. The van der Waals surface area contributed by atoms with E-state index in [0.29, 0.717) is 19.3 Å². The van der Waals surface area contributed by atoms with E-state index < -0.39 is 11.4 Å². The fraction of sp³-hybridized carbons (Fsp3) is 0.846. The first-order chi connectivity index (χ1) is 7.60. The fourth-order valence-corrected chi connectivity index (χ4v) is 2.57. The lowest BCUT2D eigenvalue weighted by atomic mass is 9.70. The molecule has 92 valence electrons. The zero-order valence-corrected chi connectivity index (χ0v) is 10.1. The molecule has 1 N–H and O–H groups in total. The van der Waals surface area contributed by atoms with Crippen LogP contribution in [0.15, 0.2) is 0 Å². The summed E-state index contributed by atoms with van der Waals surface area (Å²) in [4.78, 5) is 22.7. The van der Waals surface area contributed by atoms with Crippen molar-refractivity contribution in [2.45, 2.75) is 64.7 Å². The van der Waals surface area contributed by atoms with Gasteiger partial charge in [-0.2, -0.15) is 0 Å². The van der Waals surface area contributed by atoms with E-state index in [9.17, 15) is 14.7 Å². The molecule has 1 aliphatic carbocycles. The lowest BCUT2D eigenvalue weighted by Crippen LogP contribution is -2.36. The van der Waals surface area contributed by atoms with E-state index >= 15 is 0 Å². The number of carboxylic acid groups (broad SMARTS) is 1. The first-order valence-electron chi connectivity index (χ1n) is 6.36. The number of aliphatic carboxylic acids is 1. The molecule has 3 heteroatoms. The van der Waals surface area contributed by atoms with E-state index in [0.717, 1.165) is 32.1 Å². The molecule has 0 spiro atoms. The Hall–Kier alpha value is -0.860. The topological polar surface area (TPSA) is 54.4 Å². The second-order valence-corrected chi connectivity index (χ2v) is 4.97. The maximum absolute atomic E-state index is 11.4. The van der Waals surface area contributed by atoms with Crippen LogP contribution in [-0.4, -0.2) is 16.9 Å². The van der Waals surface area contributed by atoms with Gasteiger partial charge in [0.2, 0.25) is 0 Å². The van der Waals surface area contributed by atoms with Crippen molar-refractivity contribution in [2.75, 3.05) is 0 Å². The molecule has 1 aliphatic rings. The molecule has 0 amide bonds. The van der Waals surface area contributed by atoms with E-state index in [2.05, 4.69) is 6.92 Å². The van der Waals surface area contributed by atoms with Gasteiger partial charge in [0.25, 0.3) is 0 Å². The molecule has 0 radical (unpaired) electrons. The summed E-state index contributed by atoms with van der Waals surface area (Å²) in [5.74, 6) is -0.638. The number of hydrogen-bond donors (Lipinski definition) is 1. The molecule has 16 heavy (non-hydrogen) atoms. The molecule has 0 aliphatic heterocycles. The molecule has 1 atom stereocenters. The molecular weight excluding hydrogens is 204 g/mol. The van der Waals surface area contributed by atoms with Gasteiger partial charge in [-0.1, -0.05) is 32.6 Å². The van der Waals surface area contributed by atoms with Gasteiger partial charge in [-0.05, 0) is 19.3 Å². The standard InChI is InChI=1S/C13H22O3/c1-2-3-4-5-8-13(12(15)16)9-6-7-11(14)10-13/h2-10H2,1H3,(H,15,16). The Morgan fingerprint density at radius 3 is 2.69 bits per heavy atom. The van der Waals surface area contributed by atoms with Crippen molar-refractivity contribution in [1.29, 1.82) is 0 Å². The van der Waals surface area contributed by atoms with E-state index in [1.165, 1.54) is 0 Å². The van der Waals surface area contributed by atoms with Gasteiger partial charge in [0.1, 0.15) is 5.78 Å². The number of hydrogen-bond acceptors (Lipinski definition) is 2. The molecule has 1 fully saturated rings. The lowest BCUT2D eigenvalue weighted by Gasteiger charge is -2.32. The molecule has 1 saturated carbocycles. The maximum atomic E-state index is 11.4. The van der Waals surface area contributed by atoms with Gasteiger partial charge < -0.3 is 5.11 Å². The highest BCUT2D eigenvalue weighted by molar-refractivity contribution is 5.87. The largest absolute Gasteiger partial charge is 0.481 e. The summed E-state index contributed by atoms with van der Waals surface area (Å²) in [5, 5.41) is 9.31. The van der Waals surface area contributed by atoms with Crippen LogP contribution in [0.4, 0.5) is 0 Å². The quantitative estimate of drug-likeness (QED) is 0.708. The zero-order valence-electron chi connectivity index (χ0n) is 10.1. The summed E-state index contributed by atoms with van der Waals surface area (Å²) in [6.07, 6.45) is 7.27. The Bertz CT molecular complexity index is 260. The van der Waals surface area contributed by atoms with Gasteiger partial charge in [0.15, 0.2) is 0 Å². The van der Waals surface area contributed by atoms with Gasteiger partial charge in [-0.3, -0.25) is 9.59 Å². The molecule has 0 aromatic heterocycles. The second kappa shape index (κ2) is 6.02. The number of rotatable bonds is 6. The van der Waals surface area contributed by atoms with E-state index in [-0.39, 0.29) is 12.2 Å². The van der Waals surface area contributed by atoms with Crippen molar-refractivity contribution in [3.8, 4) is 0 Å². The van der Waals surface area contributed by atoms with E-state index in [1.54, 1.807) is 0 Å². The van der Waals surface area contributed by atoms with Crippen LogP contribution in [0.5, 0.6) is 0 Å². The van der Waals surface area contributed by atoms with Crippen LogP contribution in [0.25, 0.3) is 0 Å². The Morgan fingerprint density at radius 2 is 2.12 bits per heavy atom. The Kier molecular flexibility index (Phi) is 4.97. The summed E-state index contributed by atoms with van der Waals surface area (Å²) < 4.78 is 0. The molecule has 0 bridgehead atoms. The SMILES string of the molecule is CCCCCCC1(C(=O)O)CCCC(=O)C1. The van der Waals surface area contributed by atoms with Crippen LogP contribution in [0.1, 0.15) is 64.7 Å². The minimum atomic E-state index is -0.767. The van der Waals surface area contributed by atoms with Crippen molar-refractivity contribution in [3.63, 3.8) is 0 Å². The van der Waals surface area contributed by atoms with Crippen molar-refractivity contribution in [1.82, 2.24) is 0 Å². The third-order valence-electron chi connectivity index (χ3n) is 3.61.